The highest BCUT2D eigenvalue weighted by Crippen LogP contribution is 2.56. The zero-order valence-corrected chi connectivity index (χ0v) is 15.0. The molecule has 1 aliphatic carbocycles. The van der Waals surface area contributed by atoms with Gasteiger partial charge in [-0.25, -0.2) is 4.57 Å². The highest BCUT2D eigenvalue weighted by Gasteiger charge is 2.49. The Kier molecular flexibility index (Phi) is 6.92. The first-order valence-electron chi connectivity index (χ1n) is 8.49. The second-order valence-corrected chi connectivity index (χ2v) is 8.03. The zero-order valence-electron chi connectivity index (χ0n) is 14.1. The Hall–Kier alpha value is 0.110. The van der Waals surface area contributed by atoms with Crippen LogP contribution in [0.3, 0.4) is 0 Å². The predicted octanol–water partition coefficient (Wildman–Crippen LogP) is 5.04. The molecule has 0 amide bonds. The van der Waals surface area contributed by atoms with E-state index in [9.17, 15) is 14.4 Å². The fourth-order valence-corrected chi connectivity index (χ4v) is 5.20. The topological polar surface area (TPSA) is 66.8 Å². The van der Waals surface area contributed by atoms with E-state index in [1.165, 1.54) is 19.3 Å². The van der Waals surface area contributed by atoms with Crippen LogP contribution in [0.4, 0.5) is 0 Å². The lowest BCUT2D eigenvalue weighted by atomic mass is 9.58. The molecule has 0 aromatic carbocycles. The van der Waals surface area contributed by atoms with Crippen LogP contribution in [0.5, 0.6) is 0 Å². The van der Waals surface area contributed by atoms with Crippen molar-refractivity contribution in [2.75, 3.05) is 0 Å². The van der Waals surface area contributed by atoms with E-state index >= 15 is 0 Å². The molecule has 0 saturated heterocycles. The van der Waals surface area contributed by atoms with Gasteiger partial charge in [-0.3, -0.25) is 4.52 Å². The first-order valence-corrected chi connectivity index (χ1v) is 10.0. The average Bonchev–Trinajstić information content (AvgIpc) is 2.43. The van der Waals surface area contributed by atoms with E-state index in [2.05, 4.69) is 13.8 Å². The smallest absolute Gasteiger partial charge is 0.303 e. The molecule has 126 valence electrons. The van der Waals surface area contributed by atoms with Gasteiger partial charge >= 0.3 is 7.82 Å². The van der Waals surface area contributed by atoms with Crippen molar-refractivity contribution in [2.45, 2.75) is 91.1 Å². The minimum atomic E-state index is -4.47. The van der Waals surface area contributed by atoms with Gasteiger partial charge in [-0.1, -0.05) is 52.9 Å². The number of hydrogen-bond acceptors (Lipinski definition) is 2. The van der Waals surface area contributed by atoms with Crippen molar-refractivity contribution in [3.05, 3.63) is 0 Å². The molecule has 5 heteroatoms. The molecule has 0 spiro atoms. The zero-order chi connectivity index (χ0) is 16.1. The van der Waals surface area contributed by atoms with Gasteiger partial charge in [0.1, 0.15) is 0 Å². The molecule has 21 heavy (non-hydrogen) atoms. The van der Waals surface area contributed by atoms with Gasteiger partial charge < -0.3 is 9.79 Å². The first kappa shape index (κ1) is 19.2. The molecular formula is C16H33O4P. The number of rotatable bonds is 8. The van der Waals surface area contributed by atoms with E-state index in [1.807, 2.05) is 13.8 Å². The van der Waals surface area contributed by atoms with Crippen LogP contribution in [-0.2, 0) is 9.09 Å². The molecule has 1 aliphatic rings. The lowest BCUT2D eigenvalue weighted by molar-refractivity contribution is -0.0810. The van der Waals surface area contributed by atoms with E-state index in [1.54, 1.807) is 0 Å². The lowest BCUT2D eigenvalue weighted by Gasteiger charge is -2.51. The fraction of sp³-hybridized carbons (Fsp3) is 1.00. The molecule has 2 atom stereocenters. The van der Waals surface area contributed by atoms with Crippen molar-refractivity contribution in [3.8, 4) is 0 Å². The third-order valence-electron chi connectivity index (χ3n) is 5.64. The summed E-state index contributed by atoms with van der Waals surface area (Å²) in [4.78, 5) is 18.7. The van der Waals surface area contributed by atoms with Crippen molar-refractivity contribution < 1.29 is 18.9 Å². The third kappa shape index (κ3) is 4.79. The van der Waals surface area contributed by atoms with Gasteiger partial charge in [-0.15, -0.1) is 0 Å². The summed E-state index contributed by atoms with van der Waals surface area (Å²) in [5, 5.41) is 0. The van der Waals surface area contributed by atoms with Crippen molar-refractivity contribution in [1.82, 2.24) is 0 Å². The summed E-state index contributed by atoms with van der Waals surface area (Å²) in [6.07, 6.45) is 9.74. The van der Waals surface area contributed by atoms with E-state index in [-0.39, 0.29) is 11.3 Å². The normalized spacial score (nSPS) is 23.5. The van der Waals surface area contributed by atoms with Gasteiger partial charge in [0.2, 0.25) is 0 Å². The minimum absolute atomic E-state index is 0.175. The Bertz CT molecular complexity index is 359. The molecule has 0 aromatic rings. The van der Waals surface area contributed by atoms with Gasteiger partial charge in [-0.2, -0.15) is 0 Å². The van der Waals surface area contributed by atoms with Crippen molar-refractivity contribution in [2.24, 2.45) is 11.3 Å². The molecule has 0 radical (unpaired) electrons. The van der Waals surface area contributed by atoms with Crippen LogP contribution >= 0.6 is 7.82 Å². The monoisotopic (exact) mass is 320 g/mol. The van der Waals surface area contributed by atoms with Crippen LogP contribution in [-0.4, -0.2) is 15.4 Å². The Morgan fingerprint density at radius 1 is 1.19 bits per heavy atom. The molecule has 2 N–H and O–H groups in total. The van der Waals surface area contributed by atoms with Gasteiger partial charge in [-0.05, 0) is 43.9 Å². The Labute approximate surface area is 129 Å². The maximum Gasteiger partial charge on any atom is 0.470 e. The van der Waals surface area contributed by atoms with Crippen molar-refractivity contribution in [1.29, 1.82) is 0 Å². The predicted molar refractivity (Wildman–Crippen MR) is 86.0 cm³/mol. The Balaban J connectivity index is 3.14. The van der Waals surface area contributed by atoms with Gasteiger partial charge in [0.05, 0.1) is 5.60 Å². The summed E-state index contributed by atoms with van der Waals surface area (Å²) in [7, 11) is -4.47. The molecule has 1 rings (SSSR count). The SMILES string of the molecule is CCCC(C1(CC)CCCCC1)C(C)(CC)OP(=O)(O)O. The molecule has 4 nitrogen and oxygen atoms in total. The van der Waals surface area contributed by atoms with Crippen molar-refractivity contribution >= 4 is 7.82 Å². The summed E-state index contributed by atoms with van der Waals surface area (Å²) >= 11 is 0. The lowest BCUT2D eigenvalue weighted by Crippen LogP contribution is -2.47. The van der Waals surface area contributed by atoms with Crippen LogP contribution in [0, 0.1) is 11.3 Å². The molecule has 0 bridgehead atoms. The molecule has 1 fully saturated rings. The highest BCUT2D eigenvalue weighted by molar-refractivity contribution is 7.46. The molecule has 0 aromatic heterocycles. The Morgan fingerprint density at radius 3 is 2.14 bits per heavy atom. The number of phosphoric ester groups is 1. The number of hydrogen-bond donors (Lipinski definition) is 2. The van der Waals surface area contributed by atoms with Gasteiger partial charge in [0.15, 0.2) is 0 Å². The molecule has 1 saturated carbocycles. The van der Waals surface area contributed by atoms with Gasteiger partial charge in [0, 0.05) is 0 Å². The van der Waals surface area contributed by atoms with E-state index in [0.717, 1.165) is 32.1 Å². The Morgan fingerprint density at radius 2 is 1.76 bits per heavy atom. The fourth-order valence-electron chi connectivity index (χ4n) is 4.40. The van der Waals surface area contributed by atoms with E-state index in [4.69, 9.17) is 4.52 Å². The largest absolute Gasteiger partial charge is 0.470 e. The average molecular weight is 320 g/mol. The van der Waals surface area contributed by atoms with Gasteiger partial charge in [0.25, 0.3) is 0 Å². The summed E-state index contributed by atoms with van der Waals surface area (Å²) in [5.74, 6) is 0.206. The number of phosphoric acid groups is 1. The summed E-state index contributed by atoms with van der Waals surface area (Å²) in [6, 6.07) is 0. The quantitative estimate of drug-likeness (QED) is 0.615. The minimum Gasteiger partial charge on any atom is -0.303 e. The van der Waals surface area contributed by atoms with E-state index < -0.39 is 13.4 Å². The first-order chi connectivity index (χ1) is 9.73. The standard InChI is InChI=1S/C16H33O4P/c1-5-11-14(15(4,6-2)20-21(17,18)19)16(7-3)12-9-8-10-13-16/h14H,5-13H2,1-4H3,(H2,17,18,19). The summed E-state index contributed by atoms with van der Waals surface area (Å²) in [6.45, 7) is 8.25. The second-order valence-electron chi connectivity index (χ2n) is 6.87. The third-order valence-corrected chi connectivity index (χ3v) is 6.29. The molecular weight excluding hydrogens is 287 g/mol. The van der Waals surface area contributed by atoms with Crippen LogP contribution in [0.15, 0.2) is 0 Å². The molecule has 0 aliphatic heterocycles. The maximum atomic E-state index is 11.5. The highest BCUT2D eigenvalue weighted by atomic mass is 31.2. The van der Waals surface area contributed by atoms with Crippen LogP contribution in [0.2, 0.25) is 0 Å². The molecule has 2 unspecified atom stereocenters. The summed E-state index contributed by atoms with van der Waals surface area (Å²) in [5.41, 5.74) is -0.573. The second kappa shape index (κ2) is 7.59. The van der Waals surface area contributed by atoms with Crippen LogP contribution in [0.1, 0.15) is 85.5 Å². The molecule has 0 heterocycles. The van der Waals surface area contributed by atoms with Crippen LogP contribution < -0.4 is 0 Å². The maximum absolute atomic E-state index is 11.5. The van der Waals surface area contributed by atoms with Crippen LogP contribution in [0.25, 0.3) is 0 Å². The summed E-state index contributed by atoms with van der Waals surface area (Å²) < 4.78 is 16.8. The van der Waals surface area contributed by atoms with Crippen molar-refractivity contribution in [3.63, 3.8) is 0 Å². The van der Waals surface area contributed by atoms with E-state index in [0.29, 0.717) is 6.42 Å².